The molecule has 8 nitrogen and oxygen atoms in total. The average Bonchev–Trinajstić information content (AvgIpc) is 2.35. The van der Waals surface area contributed by atoms with Crippen LogP contribution >= 0.6 is 0 Å². The SMILES string of the molecule is CC(=O)C1C(=O)C=C(C)OC1=O.CC(=O)C1C(=O)C=C(C)OC1=O. The van der Waals surface area contributed by atoms with E-state index in [1.165, 1.54) is 27.7 Å². The van der Waals surface area contributed by atoms with E-state index in [0.717, 1.165) is 12.2 Å². The zero-order valence-corrected chi connectivity index (χ0v) is 13.6. The molecule has 0 aromatic rings. The van der Waals surface area contributed by atoms with E-state index in [2.05, 4.69) is 9.47 Å². The smallest absolute Gasteiger partial charge is 0.329 e. The molecule has 2 unspecified atom stereocenters. The van der Waals surface area contributed by atoms with Gasteiger partial charge in [-0.05, 0) is 27.7 Å². The van der Waals surface area contributed by atoms with Gasteiger partial charge in [-0.3, -0.25) is 28.8 Å². The number of ether oxygens (including phenoxy) is 2. The van der Waals surface area contributed by atoms with Crippen molar-refractivity contribution in [2.75, 3.05) is 0 Å². The molecule has 128 valence electrons. The Morgan fingerprint density at radius 3 is 1.25 bits per heavy atom. The molecular weight excluding hydrogens is 320 g/mol. The predicted octanol–water partition coefficient (Wildman–Crippen LogP) is 0.443. The first-order chi connectivity index (χ1) is 11.0. The Bertz CT molecular complexity index is 635. The molecule has 2 aliphatic rings. The van der Waals surface area contributed by atoms with Gasteiger partial charge in [0.15, 0.2) is 35.0 Å². The highest BCUT2D eigenvalue weighted by molar-refractivity contribution is 6.22. The van der Waals surface area contributed by atoms with Crippen molar-refractivity contribution in [3.63, 3.8) is 0 Å². The Hall–Kier alpha value is -2.90. The third kappa shape index (κ3) is 4.55. The first-order valence-electron chi connectivity index (χ1n) is 6.93. The molecule has 0 amide bonds. The summed E-state index contributed by atoms with van der Waals surface area (Å²) in [5, 5.41) is 0. The van der Waals surface area contributed by atoms with Crippen LogP contribution in [-0.2, 0) is 38.2 Å². The summed E-state index contributed by atoms with van der Waals surface area (Å²) in [6.07, 6.45) is 2.32. The van der Waals surface area contributed by atoms with Crippen molar-refractivity contribution in [1.82, 2.24) is 0 Å². The van der Waals surface area contributed by atoms with E-state index >= 15 is 0 Å². The third-order valence-corrected chi connectivity index (χ3v) is 3.07. The first kappa shape index (κ1) is 19.1. The van der Waals surface area contributed by atoms with Gasteiger partial charge in [0.05, 0.1) is 0 Å². The standard InChI is InChI=1S/2C8H8O4/c2*1-4-3-6(10)7(5(2)9)8(11)12-4/h2*3,7H,1-2H3. The van der Waals surface area contributed by atoms with E-state index in [-0.39, 0.29) is 11.5 Å². The van der Waals surface area contributed by atoms with Crippen molar-refractivity contribution < 1.29 is 38.2 Å². The fourth-order valence-corrected chi connectivity index (χ4v) is 2.03. The molecule has 8 heteroatoms. The van der Waals surface area contributed by atoms with Crippen LogP contribution in [0.1, 0.15) is 27.7 Å². The molecule has 2 atom stereocenters. The maximum Gasteiger partial charge on any atom is 0.329 e. The average molecular weight is 336 g/mol. The predicted molar refractivity (Wildman–Crippen MR) is 78.1 cm³/mol. The number of hydrogen-bond acceptors (Lipinski definition) is 8. The van der Waals surface area contributed by atoms with Crippen LogP contribution in [-0.4, -0.2) is 35.1 Å². The quantitative estimate of drug-likeness (QED) is 0.526. The number of Topliss-reactive ketones (excluding diaryl/α,β-unsaturated/α-hetero) is 2. The second-order valence-corrected chi connectivity index (χ2v) is 5.24. The number of carbonyl (C=O) groups excluding carboxylic acids is 6. The Kier molecular flexibility index (Phi) is 6.05. The molecule has 0 fully saturated rings. The Morgan fingerprint density at radius 2 is 1.04 bits per heavy atom. The lowest BCUT2D eigenvalue weighted by Gasteiger charge is -2.15. The van der Waals surface area contributed by atoms with Crippen molar-refractivity contribution in [2.45, 2.75) is 27.7 Å². The van der Waals surface area contributed by atoms with E-state index in [1.807, 2.05) is 0 Å². The molecule has 2 rings (SSSR count). The molecule has 0 saturated carbocycles. The van der Waals surface area contributed by atoms with Crippen LogP contribution in [0.3, 0.4) is 0 Å². The molecule has 0 bridgehead atoms. The summed E-state index contributed by atoms with van der Waals surface area (Å²) in [7, 11) is 0. The van der Waals surface area contributed by atoms with Gasteiger partial charge >= 0.3 is 11.9 Å². The van der Waals surface area contributed by atoms with Crippen LogP contribution in [0.2, 0.25) is 0 Å². The lowest BCUT2D eigenvalue weighted by atomic mass is 9.98. The molecule has 2 aliphatic heterocycles. The number of carbonyl (C=O) groups is 6. The van der Waals surface area contributed by atoms with E-state index in [0.29, 0.717) is 0 Å². The monoisotopic (exact) mass is 336 g/mol. The molecule has 2 heterocycles. The van der Waals surface area contributed by atoms with E-state index in [4.69, 9.17) is 0 Å². The van der Waals surface area contributed by atoms with Crippen LogP contribution in [0.15, 0.2) is 23.7 Å². The van der Waals surface area contributed by atoms with Gasteiger partial charge in [-0.25, -0.2) is 0 Å². The van der Waals surface area contributed by atoms with Crippen LogP contribution in [0, 0.1) is 11.8 Å². The zero-order chi connectivity index (χ0) is 18.6. The number of esters is 2. The summed E-state index contributed by atoms with van der Waals surface area (Å²) < 4.78 is 9.22. The minimum Gasteiger partial charge on any atom is -0.430 e. The van der Waals surface area contributed by atoms with E-state index in [9.17, 15) is 28.8 Å². The lowest BCUT2D eigenvalue weighted by molar-refractivity contribution is -0.154. The van der Waals surface area contributed by atoms with Gasteiger partial charge in [0, 0.05) is 12.2 Å². The Labute approximate surface area is 137 Å². The number of rotatable bonds is 2. The van der Waals surface area contributed by atoms with Crippen LogP contribution < -0.4 is 0 Å². The van der Waals surface area contributed by atoms with Gasteiger partial charge in [-0.1, -0.05) is 0 Å². The molecule has 0 aromatic carbocycles. The highest BCUT2D eigenvalue weighted by Crippen LogP contribution is 2.15. The largest absolute Gasteiger partial charge is 0.430 e. The second kappa shape index (κ2) is 7.58. The maximum atomic E-state index is 11.1. The zero-order valence-electron chi connectivity index (χ0n) is 13.6. The summed E-state index contributed by atoms with van der Waals surface area (Å²) in [5.41, 5.74) is 0. The highest BCUT2D eigenvalue weighted by Gasteiger charge is 2.35. The van der Waals surface area contributed by atoms with Crippen LogP contribution in [0.5, 0.6) is 0 Å². The van der Waals surface area contributed by atoms with Gasteiger partial charge in [-0.15, -0.1) is 0 Å². The number of allylic oxidation sites excluding steroid dienone is 4. The summed E-state index contributed by atoms with van der Waals surface area (Å²) in [6, 6.07) is 0. The van der Waals surface area contributed by atoms with Crippen molar-refractivity contribution in [1.29, 1.82) is 0 Å². The fraction of sp³-hybridized carbons (Fsp3) is 0.375. The molecule has 0 aromatic heterocycles. The molecule has 0 aliphatic carbocycles. The normalized spacial score (nSPS) is 23.2. The summed E-state index contributed by atoms with van der Waals surface area (Å²) in [5.74, 6) is -5.48. The van der Waals surface area contributed by atoms with Crippen molar-refractivity contribution in [2.24, 2.45) is 11.8 Å². The van der Waals surface area contributed by atoms with Gasteiger partial charge in [0.1, 0.15) is 11.5 Å². The van der Waals surface area contributed by atoms with Crippen LogP contribution in [0.25, 0.3) is 0 Å². The van der Waals surface area contributed by atoms with Gasteiger partial charge in [0.25, 0.3) is 0 Å². The number of cyclic esters (lactones) is 2. The molecule has 24 heavy (non-hydrogen) atoms. The van der Waals surface area contributed by atoms with Gasteiger partial charge in [-0.2, -0.15) is 0 Å². The number of ketones is 4. The maximum absolute atomic E-state index is 11.1. The summed E-state index contributed by atoms with van der Waals surface area (Å²) in [6.45, 7) is 5.37. The molecule has 0 N–H and O–H groups in total. The van der Waals surface area contributed by atoms with Gasteiger partial charge < -0.3 is 9.47 Å². The van der Waals surface area contributed by atoms with Crippen molar-refractivity contribution in [3.8, 4) is 0 Å². The molecule has 0 saturated heterocycles. The topological polar surface area (TPSA) is 121 Å². The highest BCUT2D eigenvalue weighted by atomic mass is 16.5. The molecule has 0 radical (unpaired) electrons. The van der Waals surface area contributed by atoms with E-state index in [1.54, 1.807) is 0 Å². The Morgan fingerprint density at radius 1 is 0.750 bits per heavy atom. The second-order valence-electron chi connectivity index (χ2n) is 5.24. The summed E-state index contributed by atoms with van der Waals surface area (Å²) >= 11 is 0. The fourth-order valence-electron chi connectivity index (χ4n) is 2.03. The van der Waals surface area contributed by atoms with Gasteiger partial charge in [0.2, 0.25) is 0 Å². The minimum atomic E-state index is -1.24. The Balaban J connectivity index is 0.000000240. The van der Waals surface area contributed by atoms with Crippen molar-refractivity contribution in [3.05, 3.63) is 23.7 Å². The van der Waals surface area contributed by atoms with E-state index < -0.39 is 46.9 Å². The van der Waals surface area contributed by atoms with Crippen LogP contribution in [0.4, 0.5) is 0 Å². The molecular formula is C16H16O8. The molecule has 0 spiro atoms. The third-order valence-electron chi connectivity index (χ3n) is 3.07. The first-order valence-corrected chi connectivity index (χ1v) is 6.93. The number of hydrogen-bond donors (Lipinski definition) is 0. The van der Waals surface area contributed by atoms with Crippen molar-refractivity contribution >= 4 is 35.1 Å². The summed E-state index contributed by atoms with van der Waals surface area (Å²) in [4.78, 5) is 65.6. The lowest BCUT2D eigenvalue weighted by Crippen LogP contribution is -2.33. The minimum absolute atomic E-state index is 0.238.